The molecule has 3 nitrogen and oxygen atoms in total. The first-order chi connectivity index (χ1) is 7.19. The summed E-state index contributed by atoms with van der Waals surface area (Å²) >= 11 is 0. The van der Waals surface area contributed by atoms with Crippen LogP contribution in [0.2, 0.25) is 0 Å². The first-order valence-electron chi connectivity index (χ1n) is 6.15. The maximum atomic E-state index is 5.22. The van der Waals surface area contributed by atoms with E-state index >= 15 is 0 Å². The molecule has 15 heavy (non-hydrogen) atoms. The molecule has 0 spiro atoms. The van der Waals surface area contributed by atoms with E-state index in [2.05, 4.69) is 31.0 Å². The Hall–Kier alpha value is -0.120. The molecule has 0 saturated carbocycles. The van der Waals surface area contributed by atoms with Gasteiger partial charge in [0.2, 0.25) is 0 Å². The topological polar surface area (TPSA) is 24.5 Å². The fourth-order valence-corrected chi connectivity index (χ4v) is 2.41. The SMILES string of the molecule is CCNC(C)C(C)N1CCC(COC)C1. The molecule has 1 aliphatic rings. The summed E-state index contributed by atoms with van der Waals surface area (Å²) in [7, 11) is 1.80. The Bertz CT molecular complexity index is 175. The zero-order chi connectivity index (χ0) is 11.3. The number of rotatable bonds is 6. The zero-order valence-corrected chi connectivity index (χ0v) is 10.6. The van der Waals surface area contributed by atoms with Crippen LogP contribution in [0.3, 0.4) is 0 Å². The molecule has 3 atom stereocenters. The average Bonchev–Trinajstić information content (AvgIpc) is 2.66. The molecule has 1 rings (SSSR count). The van der Waals surface area contributed by atoms with Crippen molar-refractivity contribution >= 4 is 0 Å². The van der Waals surface area contributed by atoms with Gasteiger partial charge in [0.15, 0.2) is 0 Å². The number of hydrogen-bond acceptors (Lipinski definition) is 3. The van der Waals surface area contributed by atoms with Crippen LogP contribution in [0.25, 0.3) is 0 Å². The molecule has 1 N–H and O–H groups in total. The minimum absolute atomic E-state index is 0.580. The molecule has 0 radical (unpaired) electrons. The smallest absolute Gasteiger partial charge is 0.0503 e. The van der Waals surface area contributed by atoms with Crippen molar-refractivity contribution in [2.45, 2.75) is 39.3 Å². The summed E-state index contributed by atoms with van der Waals surface area (Å²) in [5, 5.41) is 3.50. The van der Waals surface area contributed by atoms with Crippen LogP contribution < -0.4 is 5.32 Å². The van der Waals surface area contributed by atoms with Crippen LogP contribution in [-0.4, -0.2) is 50.3 Å². The van der Waals surface area contributed by atoms with E-state index < -0.39 is 0 Å². The molecule has 3 heteroatoms. The van der Waals surface area contributed by atoms with E-state index in [1.807, 2.05) is 0 Å². The first-order valence-corrected chi connectivity index (χ1v) is 6.15. The van der Waals surface area contributed by atoms with Crippen LogP contribution in [0.1, 0.15) is 27.2 Å². The summed E-state index contributed by atoms with van der Waals surface area (Å²) < 4.78 is 5.22. The lowest BCUT2D eigenvalue weighted by Gasteiger charge is -2.30. The third kappa shape index (κ3) is 3.74. The molecule has 0 bridgehead atoms. The van der Waals surface area contributed by atoms with E-state index in [9.17, 15) is 0 Å². The molecule has 0 aliphatic carbocycles. The second kappa shape index (κ2) is 6.46. The van der Waals surface area contributed by atoms with E-state index in [-0.39, 0.29) is 0 Å². The molecule has 0 aromatic carbocycles. The summed E-state index contributed by atoms with van der Waals surface area (Å²) in [6.45, 7) is 11.2. The van der Waals surface area contributed by atoms with Gasteiger partial charge in [0.25, 0.3) is 0 Å². The lowest BCUT2D eigenvalue weighted by molar-refractivity contribution is 0.143. The van der Waals surface area contributed by atoms with Crippen molar-refractivity contribution in [1.82, 2.24) is 10.2 Å². The minimum Gasteiger partial charge on any atom is -0.384 e. The molecule has 0 aromatic heterocycles. The highest BCUT2D eigenvalue weighted by Gasteiger charge is 2.28. The van der Waals surface area contributed by atoms with E-state index in [1.54, 1.807) is 7.11 Å². The average molecular weight is 214 g/mol. The Morgan fingerprint density at radius 1 is 1.47 bits per heavy atom. The van der Waals surface area contributed by atoms with Crippen molar-refractivity contribution in [3.63, 3.8) is 0 Å². The molecule has 1 fully saturated rings. The highest BCUT2D eigenvalue weighted by Crippen LogP contribution is 2.19. The Labute approximate surface area is 94.2 Å². The van der Waals surface area contributed by atoms with Gasteiger partial charge in [-0.2, -0.15) is 0 Å². The summed E-state index contributed by atoms with van der Waals surface area (Å²) in [6, 6.07) is 1.21. The Morgan fingerprint density at radius 3 is 2.80 bits per heavy atom. The first kappa shape index (κ1) is 12.9. The van der Waals surface area contributed by atoms with Gasteiger partial charge in [-0.3, -0.25) is 4.90 Å². The van der Waals surface area contributed by atoms with Crippen LogP contribution >= 0.6 is 0 Å². The van der Waals surface area contributed by atoms with Gasteiger partial charge in [-0.25, -0.2) is 0 Å². The summed E-state index contributed by atoms with van der Waals surface area (Å²) in [5.41, 5.74) is 0. The Kier molecular flexibility index (Phi) is 5.58. The van der Waals surface area contributed by atoms with Crippen molar-refractivity contribution in [3.8, 4) is 0 Å². The Balaban J connectivity index is 2.32. The number of likely N-dealkylation sites (N-methyl/N-ethyl adjacent to an activating group) is 1. The number of nitrogens with zero attached hydrogens (tertiary/aromatic N) is 1. The molecule has 1 saturated heterocycles. The third-order valence-electron chi connectivity index (χ3n) is 3.55. The fourth-order valence-electron chi connectivity index (χ4n) is 2.41. The third-order valence-corrected chi connectivity index (χ3v) is 3.55. The highest BCUT2D eigenvalue weighted by atomic mass is 16.5. The predicted molar refractivity (Wildman–Crippen MR) is 64.2 cm³/mol. The van der Waals surface area contributed by atoms with Crippen molar-refractivity contribution in [3.05, 3.63) is 0 Å². The predicted octanol–water partition coefficient (Wildman–Crippen LogP) is 1.34. The summed E-state index contributed by atoms with van der Waals surface area (Å²) in [6.07, 6.45) is 1.29. The largest absolute Gasteiger partial charge is 0.384 e. The highest BCUT2D eigenvalue weighted by molar-refractivity contribution is 4.84. The maximum Gasteiger partial charge on any atom is 0.0503 e. The lowest BCUT2D eigenvalue weighted by atomic mass is 10.1. The van der Waals surface area contributed by atoms with Gasteiger partial charge >= 0.3 is 0 Å². The number of hydrogen-bond donors (Lipinski definition) is 1. The summed E-state index contributed by atoms with van der Waals surface area (Å²) in [5.74, 6) is 0.742. The number of nitrogens with one attached hydrogen (secondary N) is 1. The number of ether oxygens (including phenoxy) is 1. The molecule has 0 amide bonds. The maximum absolute atomic E-state index is 5.22. The van der Waals surface area contributed by atoms with E-state index in [0.717, 1.165) is 19.1 Å². The van der Waals surface area contributed by atoms with Gasteiger partial charge in [0.05, 0.1) is 6.61 Å². The lowest BCUT2D eigenvalue weighted by Crippen LogP contribution is -2.46. The van der Waals surface area contributed by atoms with Crippen molar-refractivity contribution in [2.75, 3.05) is 33.4 Å². The van der Waals surface area contributed by atoms with Crippen molar-refractivity contribution < 1.29 is 4.74 Å². The standard InChI is InChI=1S/C12H26N2O/c1-5-13-10(2)11(3)14-7-6-12(8-14)9-15-4/h10-13H,5-9H2,1-4H3. The molecule has 3 unspecified atom stereocenters. The van der Waals surface area contributed by atoms with Gasteiger partial charge in [-0.05, 0) is 39.3 Å². The fraction of sp³-hybridized carbons (Fsp3) is 1.00. The van der Waals surface area contributed by atoms with Crippen molar-refractivity contribution in [1.29, 1.82) is 0 Å². The number of methoxy groups -OCH3 is 1. The van der Waals surface area contributed by atoms with Crippen molar-refractivity contribution in [2.24, 2.45) is 5.92 Å². The van der Waals surface area contributed by atoms with Crippen LogP contribution in [0, 0.1) is 5.92 Å². The van der Waals surface area contributed by atoms with Gasteiger partial charge in [0, 0.05) is 25.7 Å². The zero-order valence-electron chi connectivity index (χ0n) is 10.6. The number of likely N-dealkylation sites (tertiary alicyclic amines) is 1. The molecule has 1 heterocycles. The minimum atomic E-state index is 0.580. The van der Waals surface area contributed by atoms with Gasteiger partial charge in [-0.15, -0.1) is 0 Å². The Morgan fingerprint density at radius 2 is 2.20 bits per heavy atom. The van der Waals surface area contributed by atoms with Crippen LogP contribution in [0.5, 0.6) is 0 Å². The molecule has 0 aromatic rings. The van der Waals surface area contributed by atoms with Crippen LogP contribution in [-0.2, 0) is 4.74 Å². The van der Waals surface area contributed by atoms with E-state index in [4.69, 9.17) is 4.74 Å². The van der Waals surface area contributed by atoms with Crippen LogP contribution in [0.15, 0.2) is 0 Å². The van der Waals surface area contributed by atoms with Gasteiger partial charge in [-0.1, -0.05) is 6.92 Å². The second-order valence-electron chi connectivity index (χ2n) is 4.69. The van der Waals surface area contributed by atoms with E-state index in [0.29, 0.717) is 12.1 Å². The van der Waals surface area contributed by atoms with Gasteiger partial charge < -0.3 is 10.1 Å². The molecular formula is C12H26N2O. The van der Waals surface area contributed by atoms with E-state index in [1.165, 1.54) is 19.5 Å². The molecule has 90 valence electrons. The second-order valence-corrected chi connectivity index (χ2v) is 4.69. The van der Waals surface area contributed by atoms with Gasteiger partial charge in [0.1, 0.15) is 0 Å². The normalized spacial score (nSPS) is 26.8. The molecule has 1 aliphatic heterocycles. The monoisotopic (exact) mass is 214 g/mol. The molecular weight excluding hydrogens is 188 g/mol. The van der Waals surface area contributed by atoms with Crippen LogP contribution in [0.4, 0.5) is 0 Å². The summed E-state index contributed by atoms with van der Waals surface area (Å²) in [4.78, 5) is 2.58. The quantitative estimate of drug-likeness (QED) is 0.722.